The van der Waals surface area contributed by atoms with E-state index in [9.17, 15) is 9.59 Å². The van der Waals surface area contributed by atoms with Gasteiger partial charge in [0.05, 0.1) is 0 Å². The Balaban J connectivity index is 2.13. The lowest BCUT2D eigenvalue weighted by Crippen LogP contribution is -2.32. The summed E-state index contributed by atoms with van der Waals surface area (Å²) < 4.78 is 0. The van der Waals surface area contributed by atoms with Gasteiger partial charge in [-0.15, -0.1) is 0 Å². The van der Waals surface area contributed by atoms with Gasteiger partial charge in [0, 0.05) is 23.4 Å². The maximum atomic E-state index is 12.2. The molecule has 4 heteroatoms. The standard InChI is InChI=1S/C16H18N2O2/c1-3-11(2)18-16(20)14-9-13(10-17-14)15(19)12-7-5-4-6-8-12/h4-11,17H,3H2,1-2H3,(H,18,20)/t11-/m0/s1. The van der Waals surface area contributed by atoms with Gasteiger partial charge >= 0.3 is 0 Å². The van der Waals surface area contributed by atoms with E-state index in [1.165, 1.54) is 0 Å². The third-order valence-electron chi connectivity index (χ3n) is 3.22. The number of aromatic nitrogens is 1. The van der Waals surface area contributed by atoms with Crippen LogP contribution in [0.5, 0.6) is 0 Å². The van der Waals surface area contributed by atoms with Crippen LogP contribution >= 0.6 is 0 Å². The molecule has 0 spiro atoms. The maximum absolute atomic E-state index is 12.2. The van der Waals surface area contributed by atoms with E-state index in [4.69, 9.17) is 0 Å². The summed E-state index contributed by atoms with van der Waals surface area (Å²) in [5.74, 6) is -0.282. The van der Waals surface area contributed by atoms with Crippen LogP contribution in [0.3, 0.4) is 0 Å². The molecule has 0 aliphatic heterocycles. The Morgan fingerprint density at radius 1 is 1.20 bits per heavy atom. The SMILES string of the molecule is CC[C@H](C)NC(=O)c1cc(C(=O)c2ccccc2)c[nH]1. The zero-order valence-electron chi connectivity index (χ0n) is 11.6. The Kier molecular flexibility index (Phi) is 4.35. The fourth-order valence-electron chi connectivity index (χ4n) is 1.82. The molecule has 104 valence electrons. The molecule has 0 aliphatic rings. The van der Waals surface area contributed by atoms with Crippen LogP contribution < -0.4 is 5.32 Å². The summed E-state index contributed by atoms with van der Waals surface area (Å²) in [6, 6.07) is 10.7. The molecule has 2 rings (SSSR count). The summed E-state index contributed by atoms with van der Waals surface area (Å²) in [5, 5.41) is 2.86. The maximum Gasteiger partial charge on any atom is 0.267 e. The molecular formula is C16H18N2O2. The molecule has 1 atom stereocenters. The monoisotopic (exact) mass is 270 g/mol. The summed E-state index contributed by atoms with van der Waals surface area (Å²) in [4.78, 5) is 27.0. The van der Waals surface area contributed by atoms with Gasteiger partial charge in [-0.1, -0.05) is 37.3 Å². The second-order valence-corrected chi connectivity index (χ2v) is 4.78. The minimum absolute atomic E-state index is 0.0931. The molecule has 1 amide bonds. The van der Waals surface area contributed by atoms with Crippen molar-refractivity contribution < 1.29 is 9.59 Å². The van der Waals surface area contributed by atoms with Gasteiger partial charge in [0.25, 0.3) is 5.91 Å². The van der Waals surface area contributed by atoms with E-state index in [0.29, 0.717) is 16.8 Å². The zero-order valence-corrected chi connectivity index (χ0v) is 11.6. The number of benzene rings is 1. The fraction of sp³-hybridized carbons (Fsp3) is 0.250. The number of ketones is 1. The highest BCUT2D eigenvalue weighted by Gasteiger charge is 2.15. The van der Waals surface area contributed by atoms with Crippen LogP contribution in [0.1, 0.15) is 46.7 Å². The molecule has 2 N–H and O–H groups in total. The van der Waals surface area contributed by atoms with Crippen molar-refractivity contribution >= 4 is 11.7 Å². The first kappa shape index (κ1) is 14.1. The molecule has 20 heavy (non-hydrogen) atoms. The Bertz CT molecular complexity index is 602. The van der Waals surface area contributed by atoms with Crippen LogP contribution in [-0.2, 0) is 0 Å². The molecule has 1 aromatic heterocycles. The molecule has 0 saturated carbocycles. The van der Waals surface area contributed by atoms with E-state index in [2.05, 4.69) is 10.3 Å². The number of hydrogen-bond acceptors (Lipinski definition) is 2. The minimum Gasteiger partial charge on any atom is -0.356 e. The van der Waals surface area contributed by atoms with Gasteiger partial charge in [0.2, 0.25) is 0 Å². The van der Waals surface area contributed by atoms with Crippen molar-refractivity contribution in [2.24, 2.45) is 0 Å². The molecule has 0 radical (unpaired) electrons. The second kappa shape index (κ2) is 6.19. The minimum atomic E-state index is -0.188. The molecule has 4 nitrogen and oxygen atoms in total. The van der Waals surface area contributed by atoms with Crippen molar-refractivity contribution in [1.29, 1.82) is 0 Å². The summed E-state index contributed by atoms with van der Waals surface area (Å²) >= 11 is 0. The molecular weight excluding hydrogens is 252 g/mol. The van der Waals surface area contributed by atoms with Crippen LogP contribution in [-0.4, -0.2) is 22.7 Å². The largest absolute Gasteiger partial charge is 0.356 e. The number of carbonyl (C=O) groups is 2. The van der Waals surface area contributed by atoms with E-state index in [1.807, 2.05) is 32.0 Å². The number of nitrogens with one attached hydrogen (secondary N) is 2. The molecule has 0 unspecified atom stereocenters. The van der Waals surface area contributed by atoms with Crippen molar-refractivity contribution in [1.82, 2.24) is 10.3 Å². The Labute approximate surface area is 118 Å². The molecule has 1 aromatic carbocycles. The normalized spacial score (nSPS) is 11.9. The smallest absolute Gasteiger partial charge is 0.267 e. The third kappa shape index (κ3) is 3.15. The van der Waals surface area contributed by atoms with Crippen molar-refractivity contribution in [3.05, 3.63) is 59.4 Å². The topological polar surface area (TPSA) is 62.0 Å². The van der Waals surface area contributed by atoms with Gasteiger partial charge in [-0.25, -0.2) is 0 Å². The highest BCUT2D eigenvalue weighted by molar-refractivity contribution is 6.10. The van der Waals surface area contributed by atoms with Gasteiger partial charge in [-0.3, -0.25) is 9.59 Å². The van der Waals surface area contributed by atoms with Gasteiger partial charge in [-0.05, 0) is 19.4 Å². The summed E-state index contributed by atoms with van der Waals surface area (Å²) in [6.45, 7) is 3.95. The molecule has 0 bridgehead atoms. The van der Waals surface area contributed by atoms with Crippen LogP contribution in [0.2, 0.25) is 0 Å². The highest BCUT2D eigenvalue weighted by Crippen LogP contribution is 2.11. The highest BCUT2D eigenvalue weighted by atomic mass is 16.2. The molecule has 0 fully saturated rings. The second-order valence-electron chi connectivity index (χ2n) is 4.78. The van der Waals surface area contributed by atoms with Crippen molar-refractivity contribution in [3.63, 3.8) is 0 Å². The lowest BCUT2D eigenvalue weighted by atomic mass is 10.1. The first-order chi connectivity index (χ1) is 9.61. The van der Waals surface area contributed by atoms with E-state index >= 15 is 0 Å². The molecule has 0 saturated heterocycles. The predicted molar refractivity (Wildman–Crippen MR) is 77.9 cm³/mol. The average Bonchev–Trinajstić information content (AvgIpc) is 2.97. The van der Waals surface area contributed by atoms with Crippen LogP contribution in [0.25, 0.3) is 0 Å². The lowest BCUT2D eigenvalue weighted by molar-refractivity contribution is 0.0934. The van der Waals surface area contributed by atoms with Crippen molar-refractivity contribution in [2.75, 3.05) is 0 Å². The van der Waals surface area contributed by atoms with Crippen LogP contribution in [0.4, 0.5) is 0 Å². The van der Waals surface area contributed by atoms with Crippen molar-refractivity contribution in [3.8, 4) is 0 Å². The van der Waals surface area contributed by atoms with Gasteiger partial charge in [0.1, 0.15) is 5.69 Å². The number of rotatable bonds is 5. The Morgan fingerprint density at radius 2 is 1.90 bits per heavy atom. The van der Waals surface area contributed by atoms with Gasteiger partial charge in [-0.2, -0.15) is 0 Å². The van der Waals surface area contributed by atoms with E-state index in [0.717, 1.165) is 6.42 Å². The predicted octanol–water partition coefficient (Wildman–Crippen LogP) is 2.77. The van der Waals surface area contributed by atoms with Gasteiger partial charge in [0.15, 0.2) is 5.78 Å². The molecule has 2 aromatic rings. The molecule has 1 heterocycles. The zero-order chi connectivity index (χ0) is 14.5. The third-order valence-corrected chi connectivity index (χ3v) is 3.22. The first-order valence-electron chi connectivity index (χ1n) is 6.71. The van der Waals surface area contributed by atoms with Gasteiger partial charge < -0.3 is 10.3 Å². The summed E-state index contributed by atoms with van der Waals surface area (Å²) in [7, 11) is 0. The lowest BCUT2D eigenvalue weighted by Gasteiger charge is -2.09. The Hall–Kier alpha value is -2.36. The van der Waals surface area contributed by atoms with E-state index in [1.54, 1.807) is 24.4 Å². The average molecular weight is 270 g/mol. The van der Waals surface area contributed by atoms with Crippen LogP contribution in [0, 0.1) is 0 Å². The summed E-state index contributed by atoms with van der Waals surface area (Å²) in [6.07, 6.45) is 2.43. The number of amides is 1. The first-order valence-corrected chi connectivity index (χ1v) is 6.71. The number of aromatic amines is 1. The van der Waals surface area contributed by atoms with Crippen LogP contribution in [0.15, 0.2) is 42.6 Å². The fourth-order valence-corrected chi connectivity index (χ4v) is 1.82. The Morgan fingerprint density at radius 3 is 2.55 bits per heavy atom. The number of carbonyl (C=O) groups excluding carboxylic acids is 2. The number of H-pyrrole nitrogens is 1. The summed E-state index contributed by atoms with van der Waals surface area (Å²) in [5.41, 5.74) is 1.51. The van der Waals surface area contributed by atoms with E-state index < -0.39 is 0 Å². The van der Waals surface area contributed by atoms with Crippen molar-refractivity contribution in [2.45, 2.75) is 26.3 Å². The molecule has 0 aliphatic carbocycles. The van der Waals surface area contributed by atoms with E-state index in [-0.39, 0.29) is 17.7 Å². The quantitative estimate of drug-likeness (QED) is 0.821. The number of hydrogen-bond donors (Lipinski definition) is 2.